The fourth-order valence-corrected chi connectivity index (χ4v) is 1.38. The molecule has 0 unspecified atom stereocenters. The lowest BCUT2D eigenvalue weighted by Gasteiger charge is -2.07. The maximum absolute atomic E-state index is 10.9. The third-order valence-corrected chi connectivity index (χ3v) is 1.98. The van der Waals surface area contributed by atoms with Crippen molar-refractivity contribution in [3.63, 3.8) is 0 Å². The molecule has 0 aliphatic carbocycles. The molecule has 0 saturated carbocycles. The topological polar surface area (TPSA) is 38.3 Å². The minimum atomic E-state index is 0.0338. The van der Waals surface area contributed by atoms with Crippen LogP contribution >= 0.6 is 0 Å². The molecule has 11 heavy (non-hydrogen) atoms. The zero-order valence-corrected chi connectivity index (χ0v) is 7.09. The molecule has 3 heteroatoms. The molecule has 0 radical (unpaired) electrons. The van der Waals surface area contributed by atoms with Crippen molar-refractivity contribution < 1.29 is 9.53 Å². The van der Waals surface area contributed by atoms with Crippen molar-refractivity contribution in [2.24, 2.45) is 0 Å². The second-order valence-electron chi connectivity index (χ2n) is 2.88. The summed E-state index contributed by atoms with van der Waals surface area (Å²) in [5.74, 6) is 0.215. The van der Waals surface area contributed by atoms with Gasteiger partial charge >= 0.3 is 0 Å². The molecule has 1 saturated heterocycles. The van der Waals surface area contributed by atoms with Gasteiger partial charge in [0, 0.05) is 13.2 Å². The van der Waals surface area contributed by atoms with Gasteiger partial charge in [0.1, 0.15) is 5.78 Å². The van der Waals surface area contributed by atoms with E-state index in [2.05, 4.69) is 5.32 Å². The Balaban J connectivity index is 2.29. The molecule has 0 aromatic carbocycles. The predicted molar refractivity (Wildman–Crippen MR) is 42.5 cm³/mol. The molecule has 3 nitrogen and oxygen atoms in total. The van der Waals surface area contributed by atoms with Crippen LogP contribution in [0, 0.1) is 0 Å². The summed E-state index contributed by atoms with van der Waals surface area (Å²) in [7, 11) is 0. The van der Waals surface area contributed by atoms with Crippen LogP contribution in [-0.2, 0) is 9.53 Å². The van der Waals surface area contributed by atoms with Gasteiger partial charge in [0.25, 0.3) is 0 Å². The van der Waals surface area contributed by atoms with Gasteiger partial charge in [-0.05, 0) is 20.3 Å². The number of rotatable bonds is 3. The van der Waals surface area contributed by atoms with E-state index in [4.69, 9.17) is 4.74 Å². The first kappa shape index (κ1) is 8.68. The second kappa shape index (κ2) is 3.83. The quantitative estimate of drug-likeness (QED) is 0.642. The molecule has 1 rings (SSSR count). The van der Waals surface area contributed by atoms with Crippen LogP contribution in [0.4, 0.5) is 0 Å². The Morgan fingerprint density at radius 3 is 2.91 bits per heavy atom. The normalized spacial score (nSPS) is 30.7. The van der Waals surface area contributed by atoms with Crippen LogP contribution in [0.25, 0.3) is 0 Å². The monoisotopic (exact) mass is 157 g/mol. The van der Waals surface area contributed by atoms with Gasteiger partial charge in [-0.25, -0.2) is 0 Å². The van der Waals surface area contributed by atoms with Crippen molar-refractivity contribution in [2.75, 3.05) is 13.2 Å². The molecule has 1 fully saturated rings. The van der Waals surface area contributed by atoms with Crippen LogP contribution < -0.4 is 5.32 Å². The predicted octanol–water partition coefficient (Wildman–Crippen LogP) is 0.342. The Hall–Kier alpha value is -0.410. The summed E-state index contributed by atoms with van der Waals surface area (Å²) in [6.07, 6.45) is 1.08. The molecule has 64 valence electrons. The van der Waals surface area contributed by atoms with Crippen molar-refractivity contribution in [1.82, 2.24) is 5.32 Å². The molecule has 1 aliphatic heterocycles. The maximum Gasteiger partial charge on any atom is 0.146 e. The summed E-state index contributed by atoms with van der Waals surface area (Å²) < 4.78 is 5.37. The van der Waals surface area contributed by atoms with Gasteiger partial charge in [-0.3, -0.25) is 4.79 Å². The van der Waals surface area contributed by atoms with Crippen LogP contribution in [0.2, 0.25) is 0 Å². The largest absolute Gasteiger partial charge is 0.377 e. The van der Waals surface area contributed by atoms with Crippen molar-refractivity contribution >= 4 is 5.78 Å². The highest BCUT2D eigenvalue weighted by Crippen LogP contribution is 2.10. The van der Waals surface area contributed by atoms with Gasteiger partial charge in [-0.1, -0.05) is 0 Å². The van der Waals surface area contributed by atoms with Crippen LogP contribution in [-0.4, -0.2) is 31.1 Å². The van der Waals surface area contributed by atoms with Crippen LogP contribution in [0.1, 0.15) is 20.3 Å². The van der Waals surface area contributed by atoms with E-state index in [-0.39, 0.29) is 17.9 Å². The third kappa shape index (κ3) is 2.27. The van der Waals surface area contributed by atoms with Crippen LogP contribution in [0.5, 0.6) is 0 Å². The Morgan fingerprint density at radius 2 is 2.45 bits per heavy atom. The molecule has 1 aliphatic rings. The van der Waals surface area contributed by atoms with Gasteiger partial charge in [0.05, 0.1) is 12.1 Å². The zero-order chi connectivity index (χ0) is 8.27. The zero-order valence-electron chi connectivity index (χ0n) is 7.09. The average Bonchev–Trinajstić information content (AvgIpc) is 2.37. The minimum Gasteiger partial charge on any atom is -0.377 e. The summed E-state index contributed by atoms with van der Waals surface area (Å²) in [5.41, 5.74) is 0. The molecule has 0 aromatic rings. The molecule has 1 heterocycles. The molecule has 0 spiro atoms. The highest BCUT2D eigenvalue weighted by Gasteiger charge is 2.26. The van der Waals surface area contributed by atoms with E-state index in [1.54, 1.807) is 6.92 Å². The standard InChI is InChI=1S/C8H15NO2/c1-3-11-7-4-8(6(2)10)9-5-7/h7-9H,3-5H2,1-2H3/t7-,8-/m0/s1. The molecular formula is C8H15NO2. The van der Waals surface area contributed by atoms with Gasteiger partial charge in [-0.2, -0.15) is 0 Å². The lowest BCUT2D eigenvalue weighted by molar-refractivity contribution is -0.118. The van der Waals surface area contributed by atoms with Crippen molar-refractivity contribution in [3.05, 3.63) is 0 Å². The smallest absolute Gasteiger partial charge is 0.146 e. The van der Waals surface area contributed by atoms with Gasteiger partial charge in [-0.15, -0.1) is 0 Å². The number of carbonyl (C=O) groups excluding carboxylic acids is 1. The van der Waals surface area contributed by atoms with Gasteiger partial charge < -0.3 is 10.1 Å². The first-order valence-corrected chi connectivity index (χ1v) is 4.09. The summed E-state index contributed by atoms with van der Waals surface area (Å²) in [4.78, 5) is 10.9. The Morgan fingerprint density at radius 1 is 1.73 bits per heavy atom. The van der Waals surface area contributed by atoms with Gasteiger partial charge in [0.2, 0.25) is 0 Å². The molecule has 0 aromatic heterocycles. The summed E-state index contributed by atoms with van der Waals surface area (Å²) in [6.45, 7) is 5.14. The van der Waals surface area contributed by atoms with Crippen molar-refractivity contribution in [2.45, 2.75) is 32.4 Å². The van der Waals surface area contributed by atoms with E-state index in [9.17, 15) is 4.79 Å². The average molecular weight is 157 g/mol. The van der Waals surface area contributed by atoms with Crippen molar-refractivity contribution in [3.8, 4) is 0 Å². The summed E-state index contributed by atoms with van der Waals surface area (Å²) >= 11 is 0. The SMILES string of the molecule is CCO[C@@H]1CN[C@H](C(C)=O)C1. The molecule has 0 bridgehead atoms. The number of Topliss-reactive ketones (excluding diaryl/α,β-unsaturated/α-hetero) is 1. The van der Waals surface area contributed by atoms with Crippen LogP contribution in [0.3, 0.4) is 0 Å². The third-order valence-electron chi connectivity index (χ3n) is 1.98. The van der Waals surface area contributed by atoms with Crippen molar-refractivity contribution in [1.29, 1.82) is 0 Å². The summed E-state index contributed by atoms with van der Waals surface area (Å²) in [5, 5.41) is 3.12. The first-order chi connectivity index (χ1) is 5.24. The molecular weight excluding hydrogens is 142 g/mol. The van der Waals surface area contributed by atoms with E-state index in [1.165, 1.54) is 0 Å². The fraction of sp³-hybridized carbons (Fsp3) is 0.875. The number of hydrogen-bond acceptors (Lipinski definition) is 3. The second-order valence-corrected chi connectivity index (χ2v) is 2.88. The Kier molecular flexibility index (Phi) is 3.02. The number of carbonyl (C=O) groups is 1. The maximum atomic E-state index is 10.9. The number of ether oxygens (including phenoxy) is 1. The van der Waals surface area contributed by atoms with Gasteiger partial charge in [0.15, 0.2) is 0 Å². The van der Waals surface area contributed by atoms with E-state index in [1.807, 2.05) is 6.92 Å². The molecule has 0 amide bonds. The first-order valence-electron chi connectivity index (χ1n) is 4.09. The lowest BCUT2D eigenvalue weighted by atomic mass is 10.1. The molecule has 2 atom stereocenters. The minimum absolute atomic E-state index is 0.0338. The summed E-state index contributed by atoms with van der Waals surface area (Å²) in [6, 6.07) is 0.0338. The molecule has 1 N–H and O–H groups in total. The highest BCUT2D eigenvalue weighted by atomic mass is 16.5. The Labute approximate surface area is 67.1 Å². The van der Waals surface area contributed by atoms with E-state index < -0.39 is 0 Å². The van der Waals surface area contributed by atoms with Crippen LogP contribution in [0.15, 0.2) is 0 Å². The number of hydrogen-bond donors (Lipinski definition) is 1. The van der Waals surface area contributed by atoms with E-state index in [0.717, 1.165) is 19.6 Å². The van der Waals surface area contributed by atoms with E-state index >= 15 is 0 Å². The number of ketones is 1. The van der Waals surface area contributed by atoms with E-state index in [0.29, 0.717) is 0 Å². The lowest BCUT2D eigenvalue weighted by Crippen LogP contribution is -2.28. The fourth-order valence-electron chi connectivity index (χ4n) is 1.38. The Bertz CT molecular complexity index is 147. The highest BCUT2D eigenvalue weighted by molar-refractivity contribution is 5.81. The number of nitrogens with one attached hydrogen (secondary N) is 1.